The minimum Gasteiger partial charge on any atom is -0.381 e. The van der Waals surface area contributed by atoms with Gasteiger partial charge in [-0.3, -0.25) is 4.31 Å². The van der Waals surface area contributed by atoms with Crippen LogP contribution in [0.3, 0.4) is 0 Å². The van der Waals surface area contributed by atoms with Crippen LogP contribution in [0.25, 0.3) is 0 Å². The summed E-state index contributed by atoms with van der Waals surface area (Å²) >= 11 is 0. The van der Waals surface area contributed by atoms with Crippen LogP contribution in [0.1, 0.15) is 12.0 Å². The summed E-state index contributed by atoms with van der Waals surface area (Å²) in [5.74, 6) is 0.197. The molecule has 0 atom stereocenters. The molecule has 0 spiro atoms. The Labute approximate surface area is 148 Å². The topological polar surface area (TPSA) is 83.6 Å². The minimum absolute atomic E-state index is 0.197. The molecule has 3 rings (SSSR count). The molecule has 1 saturated heterocycles. The number of hydrogen-bond acceptors (Lipinski definition) is 5. The van der Waals surface area contributed by atoms with Gasteiger partial charge < -0.3 is 5.32 Å². The zero-order chi connectivity index (χ0) is 18.1. The Morgan fingerprint density at radius 3 is 2.44 bits per heavy atom. The molecule has 1 fully saturated rings. The summed E-state index contributed by atoms with van der Waals surface area (Å²) in [6.45, 7) is 1.03. The number of nitrogens with one attached hydrogen (secondary N) is 1. The number of sulfonamides is 1. The quantitative estimate of drug-likeness (QED) is 0.860. The van der Waals surface area contributed by atoms with Gasteiger partial charge in [0, 0.05) is 25.0 Å². The van der Waals surface area contributed by atoms with Gasteiger partial charge in [-0.05, 0) is 48.4 Å². The summed E-state index contributed by atoms with van der Waals surface area (Å²) in [5, 5.41) is 3.22. The number of sulfone groups is 1. The van der Waals surface area contributed by atoms with E-state index < -0.39 is 19.9 Å². The lowest BCUT2D eigenvalue weighted by Crippen LogP contribution is -2.25. The molecule has 0 unspecified atom stereocenters. The molecule has 0 saturated carbocycles. The molecule has 6 nitrogen and oxygen atoms in total. The maximum atomic E-state index is 12.0. The predicted molar refractivity (Wildman–Crippen MR) is 99.1 cm³/mol. The Morgan fingerprint density at radius 1 is 1.12 bits per heavy atom. The highest BCUT2D eigenvalue weighted by Gasteiger charge is 2.28. The van der Waals surface area contributed by atoms with Gasteiger partial charge in [-0.25, -0.2) is 16.8 Å². The highest BCUT2D eigenvalue weighted by Crippen LogP contribution is 2.25. The third kappa shape index (κ3) is 4.13. The molecule has 8 heteroatoms. The fourth-order valence-corrected chi connectivity index (χ4v) is 4.96. The van der Waals surface area contributed by atoms with Crippen LogP contribution >= 0.6 is 0 Å². The van der Waals surface area contributed by atoms with Crippen LogP contribution in [0.4, 0.5) is 11.4 Å². The Hall–Kier alpha value is -2.06. The average molecular weight is 380 g/mol. The molecule has 1 aliphatic heterocycles. The van der Waals surface area contributed by atoms with E-state index in [1.54, 1.807) is 30.3 Å². The van der Waals surface area contributed by atoms with Gasteiger partial charge in [0.1, 0.15) is 0 Å². The van der Waals surface area contributed by atoms with Crippen molar-refractivity contribution >= 4 is 31.2 Å². The standard InChI is InChI=1S/C17H20N2O4S2/c1-24(20,21)17-8-6-15(7-9-17)18-13-14-4-2-5-16(12-14)19-10-3-11-25(19,22)23/h2,4-9,12,18H,3,10-11,13H2,1H3. The largest absolute Gasteiger partial charge is 0.381 e. The minimum atomic E-state index is -3.20. The molecule has 2 aromatic rings. The van der Waals surface area contributed by atoms with E-state index in [0.29, 0.717) is 25.2 Å². The third-order valence-electron chi connectivity index (χ3n) is 4.08. The summed E-state index contributed by atoms with van der Waals surface area (Å²) in [6.07, 6.45) is 1.82. The monoisotopic (exact) mass is 380 g/mol. The number of nitrogens with zero attached hydrogens (tertiary/aromatic N) is 1. The smallest absolute Gasteiger partial charge is 0.235 e. The fourth-order valence-electron chi connectivity index (χ4n) is 2.78. The van der Waals surface area contributed by atoms with E-state index in [1.807, 2.05) is 18.2 Å². The maximum absolute atomic E-state index is 12.0. The van der Waals surface area contributed by atoms with Gasteiger partial charge in [0.05, 0.1) is 16.3 Å². The SMILES string of the molecule is CS(=O)(=O)c1ccc(NCc2cccc(N3CCCS3(=O)=O)c2)cc1. The van der Waals surface area contributed by atoms with Crippen molar-refractivity contribution in [3.8, 4) is 0 Å². The van der Waals surface area contributed by atoms with Gasteiger partial charge in [0.15, 0.2) is 9.84 Å². The van der Waals surface area contributed by atoms with E-state index in [9.17, 15) is 16.8 Å². The number of anilines is 2. The highest BCUT2D eigenvalue weighted by atomic mass is 32.2. The van der Waals surface area contributed by atoms with Gasteiger partial charge in [0.2, 0.25) is 10.0 Å². The van der Waals surface area contributed by atoms with Crippen molar-refractivity contribution < 1.29 is 16.8 Å². The van der Waals surface area contributed by atoms with Crippen LogP contribution in [0.2, 0.25) is 0 Å². The van der Waals surface area contributed by atoms with E-state index in [-0.39, 0.29) is 10.6 Å². The molecule has 1 heterocycles. The van der Waals surface area contributed by atoms with E-state index in [1.165, 1.54) is 10.6 Å². The zero-order valence-corrected chi connectivity index (χ0v) is 15.5. The maximum Gasteiger partial charge on any atom is 0.235 e. The first kappa shape index (κ1) is 17.8. The molecule has 0 aliphatic carbocycles. The molecule has 0 amide bonds. The molecule has 25 heavy (non-hydrogen) atoms. The van der Waals surface area contributed by atoms with Crippen molar-refractivity contribution in [1.29, 1.82) is 0 Å². The molecule has 134 valence electrons. The van der Waals surface area contributed by atoms with Crippen molar-refractivity contribution in [2.75, 3.05) is 28.2 Å². The number of benzene rings is 2. The number of hydrogen-bond donors (Lipinski definition) is 1. The zero-order valence-electron chi connectivity index (χ0n) is 13.8. The van der Waals surface area contributed by atoms with E-state index in [2.05, 4.69) is 5.32 Å². The second-order valence-corrected chi connectivity index (χ2v) is 10.1. The number of rotatable bonds is 5. The summed E-state index contributed by atoms with van der Waals surface area (Å²) in [7, 11) is -6.39. The highest BCUT2D eigenvalue weighted by molar-refractivity contribution is 7.93. The van der Waals surface area contributed by atoms with Gasteiger partial charge in [-0.15, -0.1) is 0 Å². The Kier molecular flexibility index (Phi) is 4.75. The summed E-state index contributed by atoms with van der Waals surface area (Å²) in [5.41, 5.74) is 2.43. The molecule has 2 aromatic carbocycles. The normalized spacial score (nSPS) is 16.8. The van der Waals surface area contributed by atoms with E-state index >= 15 is 0 Å². The van der Waals surface area contributed by atoms with Crippen molar-refractivity contribution in [2.24, 2.45) is 0 Å². The van der Waals surface area contributed by atoms with Crippen LogP contribution in [0.15, 0.2) is 53.4 Å². The van der Waals surface area contributed by atoms with Gasteiger partial charge in [-0.2, -0.15) is 0 Å². The molecule has 0 bridgehead atoms. The van der Waals surface area contributed by atoms with Gasteiger partial charge in [0.25, 0.3) is 0 Å². The second kappa shape index (κ2) is 6.68. The van der Waals surface area contributed by atoms with Crippen molar-refractivity contribution in [2.45, 2.75) is 17.9 Å². The summed E-state index contributed by atoms with van der Waals surface area (Å²) in [6, 6.07) is 14.0. The predicted octanol–water partition coefficient (Wildman–Crippen LogP) is 2.24. The first-order valence-electron chi connectivity index (χ1n) is 7.89. The summed E-state index contributed by atoms with van der Waals surface area (Å²) in [4.78, 5) is 0.277. The van der Waals surface area contributed by atoms with Crippen LogP contribution < -0.4 is 9.62 Å². The van der Waals surface area contributed by atoms with Crippen LogP contribution in [-0.2, 0) is 26.4 Å². The Morgan fingerprint density at radius 2 is 1.84 bits per heavy atom. The Balaban J connectivity index is 1.71. The van der Waals surface area contributed by atoms with Crippen LogP contribution in [-0.4, -0.2) is 35.4 Å². The van der Waals surface area contributed by atoms with Crippen molar-refractivity contribution in [1.82, 2.24) is 0 Å². The molecular weight excluding hydrogens is 360 g/mol. The van der Waals surface area contributed by atoms with E-state index in [4.69, 9.17) is 0 Å². The van der Waals surface area contributed by atoms with Gasteiger partial charge >= 0.3 is 0 Å². The van der Waals surface area contributed by atoms with Crippen molar-refractivity contribution in [3.05, 3.63) is 54.1 Å². The molecule has 1 N–H and O–H groups in total. The Bertz CT molecular complexity index is 968. The average Bonchev–Trinajstić information content (AvgIpc) is 2.92. The molecular formula is C17H20N2O4S2. The molecule has 0 radical (unpaired) electrons. The lowest BCUT2D eigenvalue weighted by Gasteiger charge is -2.18. The molecule has 0 aromatic heterocycles. The van der Waals surface area contributed by atoms with Crippen LogP contribution in [0.5, 0.6) is 0 Å². The fraction of sp³-hybridized carbons (Fsp3) is 0.294. The first-order valence-corrected chi connectivity index (χ1v) is 11.4. The van der Waals surface area contributed by atoms with Crippen LogP contribution in [0, 0.1) is 0 Å². The third-order valence-corrected chi connectivity index (χ3v) is 7.07. The first-order chi connectivity index (χ1) is 11.8. The van der Waals surface area contributed by atoms with Crippen molar-refractivity contribution in [3.63, 3.8) is 0 Å². The lowest BCUT2D eigenvalue weighted by atomic mass is 10.2. The lowest BCUT2D eigenvalue weighted by molar-refractivity contribution is 0.598. The summed E-state index contributed by atoms with van der Waals surface area (Å²) < 4.78 is 48.4. The van der Waals surface area contributed by atoms with Gasteiger partial charge in [-0.1, -0.05) is 12.1 Å². The molecule has 1 aliphatic rings. The second-order valence-electron chi connectivity index (χ2n) is 6.06. The van der Waals surface area contributed by atoms with E-state index in [0.717, 1.165) is 11.3 Å².